The number of fused-ring (bicyclic) bond motifs is 1. The number of nitrogens with one attached hydrogen (secondary N) is 1. The zero-order valence-corrected chi connectivity index (χ0v) is 23.5. The Morgan fingerprint density at radius 3 is 2.58 bits per heavy atom. The molecule has 1 N–H and O–H groups in total. The van der Waals surface area contributed by atoms with Crippen molar-refractivity contribution in [3.63, 3.8) is 0 Å². The van der Waals surface area contributed by atoms with E-state index in [4.69, 9.17) is 27.9 Å². The van der Waals surface area contributed by atoms with Gasteiger partial charge in [-0.25, -0.2) is 13.4 Å². The number of aromatic nitrogens is 5. The van der Waals surface area contributed by atoms with Gasteiger partial charge in [0.2, 0.25) is 5.95 Å². The van der Waals surface area contributed by atoms with Crippen molar-refractivity contribution < 1.29 is 13.2 Å². The molecule has 206 valence electrons. The molecule has 3 aromatic heterocycles. The first-order valence-electron chi connectivity index (χ1n) is 12.1. The van der Waals surface area contributed by atoms with Crippen LogP contribution in [0.1, 0.15) is 5.56 Å². The van der Waals surface area contributed by atoms with E-state index >= 15 is 0 Å². The van der Waals surface area contributed by atoms with E-state index in [9.17, 15) is 18.5 Å². The standard InChI is InChI=1S/C25H22Cl2N8O4S/c1-34-22-16(11-17(24(34)36)21-18(26)3-2-4-19(21)27)14-29-25(31-22)30-20-12-15(13-28)23(33-32-20)39-8-5-35-6-9-40(37,38)10-7-35/h2-4,11-12,14H,5-10H2,1H3,(H,29,30,31,32). The molecule has 0 bridgehead atoms. The minimum absolute atomic E-state index is 0.0604. The number of benzene rings is 1. The second-order valence-corrected chi connectivity index (χ2v) is 12.1. The summed E-state index contributed by atoms with van der Waals surface area (Å²) >= 11 is 12.6. The number of ether oxygens (including phenoxy) is 1. The van der Waals surface area contributed by atoms with Crippen LogP contribution in [0.4, 0.5) is 11.8 Å². The third-order valence-corrected chi connectivity index (χ3v) is 8.62. The number of anilines is 2. The van der Waals surface area contributed by atoms with E-state index in [1.54, 1.807) is 37.5 Å². The lowest BCUT2D eigenvalue weighted by atomic mass is 10.1. The minimum Gasteiger partial charge on any atom is -0.474 e. The Morgan fingerprint density at radius 1 is 1.15 bits per heavy atom. The number of rotatable bonds is 7. The fourth-order valence-corrected chi connectivity index (χ4v) is 6.11. The first kappa shape index (κ1) is 27.7. The second kappa shape index (κ2) is 11.3. The molecule has 0 radical (unpaired) electrons. The van der Waals surface area contributed by atoms with E-state index in [0.29, 0.717) is 51.8 Å². The van der Waals surface area contributed by atoms with Crippen LogP contribution in [0.15, 0.2) is 41.3 Å². The molecule has 0 atom stereocenters. The van der Waals surface area contributed by atoms with E-state index in [0.717, 1.165) is 0 Å². The summed E-state index contributed by atoms with van der Waals surface area (Å²) < 4.78 is 30.2. The SMILES string of the molecule is Cn1c(=O)c(-c2c(Cl)cccc2Cl)cc2cnc(Nc3cc(C#N)c(OCCN4CCS(=O)(=O)CC4)nn3)nc21. The lowest BCUT2D eigenvalue weighted by molar-refractivity contribution is 0.213. The molecule has 0 aliphatic carbocycles. The Kier molecular flexibility index (Phi) is 7.86. The molecule has 1 saturated heterocycles. The van der Waals surface area contributed by atoms with Gasteiger partial charge in [0.15, 0.2) is 15.7 Å². The summed E-state index contributed by atoms with van der Waals surface area (Å²) in [5, 5.41) is 21.8. The highest BCUT2D eigenvalue weighted by Gasteiger charge is 2.21. The molecule has 5 rings (SSSR count). The van der Waals surface area contributed by atoms with Gasteiger partial charge < -0.3 is 10.1 Å². The van der Waals surface area contributed by atoms with Gasteiger partial charge in [0, 0.05) is 49.9 Å². The van der Waals surface area contributed by atoms with Crippen LogP contribution in [0.2, 0.25) is 10.0 Å². The van der Waals surface area contributed by atoms with Crippen LogP contribution in [0.25, 0.3) is 22.2 Å². The molecule has 4 aromatic rings. The second-order valence-electron chi connectivity index (χ2n) is 9.02. The highest BCUT2D eigenvalue weighted by atomic mass is 35.5. The van der Waals surface area contributed by atoms with Crippen LogP contribution in [0, 0.1) is 11.3 Å². The molecule has 15 heteroatoms. The van der Waals surface area contributed by atoms with Gasteiger partial charge in [0.05, 0.1) is 27.1 Å². The molecule has 0 unspecified atom stereocenters. The molecule has 1 aliphatic rings. The molecule has 4 heterocycles. The fraction of sp³-hybridized carbons (Fsp3) is 0.280. The maximum atomic E-state index is 13.2. The number of sulfone groups is 1. The number of hydrogen-bond donors (Lipinski definition) is 1. The first-order valence-corrected chi connectivity index (χ1v) is 14.6. The average molecular weight is 601 g/mol. The summed E-state index contributed by atoms with van der Waals surface area (Å²) in [6.45, 7) is 1.60. The van der Waals surface area contributed by atoms with Crippen LogP contribution >= 0.6 is 23.2 Å². The Bertz CT molecular complexity index is 1790. The Balaban J connectivity index is 1.32. The third-order valence-electron chi connectivity index (χ3n) is 6.38. The predicted molar refractivity (Wildman–Crippen MR) is 151 cm³/mol. The first-order chi connectivity index (χ1) is 19.1. The van der Waals surface area contributed by atoms with Gasteiger partial charge in [0.25, 0.3) is 11.4 Å². The average Bonchev–Trinajstić information content (AvgIpc) is 2.93. The highest BCUT2D eigenvalue weighted by molar-refractivity contribution is 7.91. The van der Waals surface area contributed by atoms with E-state index in [-0.39, 0.29) is 46.9 Å². The normalized spacial score (nSPS) is 15.1. The monoisotopic (exact) mass is 600 g/mol. The maximum absolute atomic E-state index is 13.2. The number of nitrogens with zero attached hydrogens (tertiary/aromatic N) is 7. The summed E-state index contributed by atoms with van der Waals surface area (Å²) in [5.41, 5.74) is 0.911. The lowest BCUT2D eigenvalue weighted by Crippen LogP contribution is -2.42. The highest BCUT2D eigenvalue weighted by Crippen LogP contribution is 2.33. The summed E-state index contributed by atoms with van der Waals surface area (Å²) in [7, 11) is -1.38. The molecule has 0 spiro atoms. The van der Waals surface area contributed by atoms with Crippen molar-refractivity contribution >= 4 is 55.8 Å². The fourth-order valence-electron chi connectivity index (χ4n) is 4.23. The summed E-state index contributed by atoms with van der Waals surface area (Å²) in [5.74, 6) is 0.647. The van der Waals surface area contributed by atoms with Crippen molar-refractivity contribution in [2.24, 2.45) is 7.05 Å². The Labute approximate surface area is 239 Å². The molecule has 1 aromatic carbocycles. The number of pyridine rings is 1. The quantitative estimate of drug-likeness (QED) is 0.332. The van der Waals surface area contributed by atoms with Crippen molar-refractivity contribution in [3.05, 3.63) is 62.5 Å². The van der Waals surface area contributed by atoms with Crippen molar-refractivity contribution in [2.75, 3.05) is 43.1 Å². The van der Waals surface area contributed by atoms with Crippen LogP contribution in [0.5, 0.6) is 5.88 Å². The number of hydrogen-bond acceptors (Lipinski definition) is 11. The molecule has 12 nitrogen and oxygen atoms in total. The number of nitriles is 1. The van der Waals surface area contributed by atoms with E-state index in [1.807, 2.05) is 11.0 Å². The summed E-state index contributed by atoms with van der Waals surface area (Å²) in [4.78, 5) is 23.9. The van der Waals surface area contributed by atoms with Gasteiger partial charge in [-0.15, -0.1) is 10.2 Å². The predicted octanol–water partition coefficient (Wildman–Crippen LogP) is 2.82. The molecular weight excluding hydrogens is 579 g/mol. The van der Waals surface area contributed by atoms with Crippen LogP contribution in [-0.4, -0.2) is 75.8 Å². The minimum atomic E-state index is -2.96. The van der Waals surface area contributed by atoms with E-state index < -0.39 is 9.84 Å². The summed E-state index contributed by atoms with van der Waals surface area (Å²) in [6.07, 6.45) is 1.54. The molecule has 1 fully saturated rings. The van der Waals surface area contributed by atoms with Gasteiger partial charge in [0.1, 0.15) is 23.9 Å². The molecular formula is C25H22Cl2N8O4S. The third kappa shape index (κ3) is 5.85. The number of halogens is 2. The van der Waals surface area contributed by atoms with Gasteiger partial charge >= 0.3 is 0 Å². The topological polar surface area (TPSA) is 156 Å². The van der Waals surface area contributed by atoms with Crippen LogP contribution < -0.4 is 15.6 Å². The van der Waals surface area contributed by atoms with Gasteiger partial charge in [-0.1, -0.05) is 29.3 Å². The molecule has 0 amide bonds. The lowest BCUT2D eigenvalue weighted by Gasteiger charge is -2.26. The summed E-state index contributed by atoms with van der Waals surface area (Å²) in [6, 6.07) is 10.1. The Morgan fingerprint density at radius 2 is 1.88 bits per heavy atom. The smallest absolute Gasteiger partial charge is 0.259 e. The number of aryl methyl sites for hydroxylation is 1. The molecule has 1 aliphatic heterocycles. The van der Waals surface area contributed by atoms with Gasteiger partial charge in [-0.3, -0.25) is 14.3 Å². The van der Waals surface area contributed by atoms with Crippen molar-refractivity contribution in [1.29, 1.82) is 5.26 Å². The zero-order chi connectivity index (χ0) is 28.4. The van der Waals surface area contributed by atoms with Crippen molar-refractivity contribution in [3.8, 4) is 23.1 Å². The van der Waals surface area contributed by atoms with Crippen LogP contribution in [0.3, 0.4) is 0 Å². The molecule has 40 heavy (non-hydrogen) atoms. The van der Waals surface area contributed by atoms with Crippen molar-refractivity contribution in [2.45, 2.75) is 0 Å². The Hall–Kier alpha value is -3.83. The largest absolute Gasteiger partial charge is 0.474 e. The van der Waals surface area contributed by atoms with Gasteiger partial charge in [-0.05, 0) is 18.2 Å². The maximum Gasteiger partial charge on any atom is 0.259 e. The van der Waals surface area contributed by atoms with E-state index in [1.165, 1.54) is 10.6 Å². The van der Waals surface area contributed by atoms with Crippen molar-refractivity contribution in [1.82, 2.24) is 29.6 Å². The van der Waals surface area contributed by atoms with E-state index in [2.05, 4.69) is 25.5 Å². The van der Waals surface area contributed by atoms with Gasteiger partial charge in [-0.2, -0.15) is 10.2 Å². The molecule has 0 saturated carbocycles. The van der Waals surface area contributed by atoms with Crippen LogP contribution in [-0.2, 0) is 16.9 Å². The zero-order valence-electron chi connectivity index (χ0n) is 21.1.